The van der Waals surface area contributed by atoms with Crippen molar-refractivity contribution in [3.05, 3.63) is 0 Å². The molecule has 0 aromatic rings. The molecule has 0 amide bonds. The largest absolute Gasteiger partial charge is 0.479 e. The molecule has 14 N–H and O–H groups in total. The van der Waals surface area contributed by atoms with Crippen LogP contribution in [0.25, 0.3) is 0 Å². The summed E-state index contributed by atoms with van der Waals surface area (Å²) < 4.78 is 13.5. The Morgan fingerprint density at radius 1 is 0.531 bits per heavy atom. The third-order valence-electron chi connectivity index (χ3n) is 6.19. The van der Waals surface area contributed by atoms with Gasteiger partial charge in [-0.3, -0.25) is 19.2 Å². The summed E-state index contributed by atoms with van der Waals surface area (Å²) in [5.74, 6) is -14.7. The van der Waals surface area contributed by atoms with Crippen LogP contribution < -0.4 is 0 Å². The number of Topliss-reactive ketones (excluding diaryl/α,β-unsaturated/α-hetero) is 3. The maximum Gasteiger partial charge on any atom is 0.343 e. The van der Waals surface area contributed by atoms with Crippen molar-refractivity contribution in [2.75, 3.05) is 19.8 Å². The molecule has 0 bridgehead atoms. The van der Waals surface area contributed by atoms with Gasteiger partial charge in [-0.1, -0.05) is 0 Å². The van der Waals surface area contributed by atoms with Crippen molar-refractivity contribution >= 4 is 47.5 Å². The number of carbonyl (C=O) groups is 8. The highest BCUT2D eigenvalue weighted by atomic mass is 16.6. The molecule has 0 aromatic heterocycles. The molecule has 0 saturated heterocycles. The highest BCUT2D eigenvalue weighted by molar-refractivity contribution is 6.04. The number of aldehydes is 1. The summed E-state index contributed by atoms with van der Waals surface area (Å²) in [5.41, 5.74) is 0. The molecule has 0 spiro atoms. The monoisotopic (exact) mass is 722 g/mol. The molecule has 0 aliphatic heterocycles. The third-order valence-corrected chi connectivity index (χ3v) is 6.19. The number of carbonyl (C=O) groups excluding carboxylic acids is 7. The molecule has 0 aliphatic rings. The Morgan fingerprint density at radius 2 is 0.939 bits per heavy atom. The summed E-state index contributed by atoms with van der Waals surface area (Å²) in [6, 6.07) is 0. The van der Waals surface area contributed by atoms with Crippen LogP contribution in [0.4, 0.5) is 0 Å². The Balaban J connectivity index is 6.92. The van der Waals surface area contributed by atoms with E-state index in [1.807, 2.05) is 0 Å². The van der Waals surface area contributed by atoms with Gasteiger partial charge in [0.2, 0.25) is 11.9 Å². The maximum absolute atomic E-state index is 12.7. The first-order valence-electron chi connectivity index (χ1n) is 13.2. The number of aliphatic hydroxyl groups is 13. The topological polar surface area (TPSA) is 447 Å². The van der Waals surface area contributed by atoms with E-state index in [9.17, 15) is 94.5 Å². The molecule has 280 valence electrons. The van der Waals surface area contributed by atoms with Gasteiger partial charge >= 0.3 is 23.9 Å². The minimum atomic E-state index is -3.28. The number of rotatable bonds is 23. The lowest BCUT2D eigenvalue weighted by molar-refractivity contribution is -0.210. The minimum absolute atomic E-state index is 0.643. The van der Waals surface area contributed by atoms with Crippen LogP contribution in [0.3, 0.4) is 0 Å². The average molecular weight is 723 g/mol. The van der Waals surface area contributed by atoms with Crippen molar-refractivity contribution in [3.63, 3.8) is 0 Å². The molecular formula is C24H34O25. The van der Waals surface area contributed by atoms with Crippen LogP contribution in [0.2, 0.25) is 0 Å². The van der Waals surface area contributed by atoms with Gasteiger partial charge in [0.05, 0.1) is 6.61 Å². The predicted octanol–water partition coefficient (Wildman–Crippen LogP) is -11.7. The molecule has 49 heavy (non-hydrogen) atoms. The van der Waals surface area contributed by atoms with Crippen LogP contribution in [0, 0.1) is 0 Å². The van der Waals surface area contributed by atoms with Crippen molar-refractivity contribution in [1.82, 2.24) is 0 Å². The SMILES string of the molecule is O=C[C@H](OC(=O)[C@@H](O)[C@@H](O)[C@H](O)C(=O)CO)[C@@H](OC(=O)[C@@H](O)[C@H](O)[C@H](O)C(=O)CO)[C@@H](OC(=O)[C@@H](O)C(=O)[C@H](O)[C@@H](O)CO)[C@H](O)C(=O)O. The summed E-state index contributed by atoms with van der Waals surface area (Å²) in [6.07, 6.45) is -38.9. The van der Waals surface area contributed by atoms with E-state index in [1.54, 1.807) is 0 Å². The van der Waals surface area contributed by atoms with Gasteiger partial charge in [-0.25, -0.2) is 19.2 Å². The van der Waals surface area contributed by atoms with E-state index < -0.39 is 147 Å². The summed E-state index contributed by atoms with van der Waals surface area (Å²) in [4.78, 5) is 96.3. The van der Waals surface area contributed by atoms with E-state index in [0.717, 1.165) is 0 Å². The molecule has 0 saturated carbocycles. The summed E-state index contributed by atoms with van der Waals surface area (Å²) in [6.45, 7) is -4.23. The lowest BCUT2D eigenvalue weighted by atomic mass is 10.0. The van der Waals surface area contributed by atoms with Crippen molar-refractivity contribution in [2.45, 2.75) is 79.4 Å². The Kier molecular flexibility index (Phi) is 18.9. The van der Waals surface area contributed by atoms with Crippen molar-refractivity contribution in [3.8, 4) is 0 Å². The van der Waals surface area contributed by atoms with Gasteiger partial charge in [0.1, 0.15) is 49.8 Å². The fourth-order valence-corrected chi connectivity index (χ4v) is 3.31. The quantitative estimate of drug-likeness (QED) is 0.0201. The molecule has 0 rings (SSSR count). The lowest BCUT2D eigenvalue weighted by Gasteiger charge is -2.33. The smallest absolute Gasteiger partial charge is 0.343 e. The van der Waals surface area contributed by atoms with Crippen molar-refractivity contribution < 1.29 is 124 Å². The van der Waals surface area contributed by atoms with Gasteiger partial charge in [-0.05, 0) is 0 Å². The second kappa shape index (κ2) is 20.5. The standard InChI is InChI=1S/C24H34O25/c25-1-5(29)9(32)12(35)15(38)22(44)47-8(4-28)19(48-23(45)16(39)13(36)10(33)6(30)2-26)20(18(41)21(42)43)49-24(46)17(40)14(37)11(34)7(31)3-27/h4,7-13,15-20,25-27,31-36,38-41H,1-3H2,(H,42,43)/t7-,8-,9+,10+,11+,12-,13+,15-,16-,17-,18-,19+,20-/m0/s1. The number of aliphatic carboxylic acids is 1. The first kappa shape index (κ1) is 45.0. The Hall–Kier alpha value is -3.96. The zero-order valence-electron chi connectivity index (χ0n) is 24.5. The van der Waals surface area contributed by atoms with E-state index in [-0.39, 0.29) is 0 Å². The molecule has 13 atom stereocenters. The maximum atomic E-state index is 12.7. The van der Waals surface area contributed by atoms with Gasteiger partial charge in [0.15, 0.2) is 54.5 Å². The van der Waals surface area contributed by atoms with Crippen molar-refractivity contribution in [2.24, 2.45) is 0 Å². The zero-order chi connectivity index (χ0) is 38.5. The highest BCUT2D eigenvalue weighted by Gasteiger charge is 2.49. The fraction of sp³-hybridized carbons (Fsp3) is 0.667. The van der Waals surface area contributed by atoms with Gasteiger partial charge < -0.3 is 85.7 Å². The van der Waals surface area contributed by atoms with Gasteiger partial charge in [-0.2, -0.15) is 0 Å². The number of ketones is 3. The first-order valence-corrected chi connectivity index (χ1v) is 13.2. The second-order valence-corrected chi connectivity index (χ2v) is 9.63. The normalized spacial score (nSPS) is 19.4. The van der Waals surface area contributed by atoms with Crippen LogP contribution in [0.1, 0.15) is 0 Å². The van der Waals surface area contributed by atoms with E-state index in [0.29, 0.717) is 0 Å². The van der Waals surface area contributed by atoms with Gasteiger partial charge in [0.25, 0.3) is 0 Å². The molecular weight excluding hydrogens is 688 g/mol. The summed E-state index contributed by atoms with van der Waals surface area (Å²) in [7, 11) is 0. The number of ether oxygens (including phenoxy) is 3. The second-order valence-electron chi connectivity index (χ2n) is 9.63. The molecule has 0 aromatic carbocycles. The average Bonchev–Trinajstić information content (AvgIpc) is 3.10. The molecule has 0 heterocycles. The van der Waals surface area contributed by atoms with E-state index in [4.69, 9.17) is 15.3 Å². The molecule has 0 aliphatic carbocycles. The molecule has 25 heteroatoms. The first-order chi connectivity index (χ1) is 22.6. The van der Waals surface area contributed by atoms with E-state index >= 15 is 0 Å². The van der Waals surface area contributed by atoms with E-state index in [2.05, 4.69) is 14.2 Å². The number of carboxylic acids is 1. The van der Waals surface area contributed by atoms with Gasteiger partial charge in [-0.15, -0.1) is 0 Å². The number of hydrogen-bond acceptors (Lipinski definition) is 24. The molecule has 0 radical (unpaired) electrons. The number of carboxylic acid groups (broad SMARTS) is 1. The summed E-state index contributed by atoms with van der Waals surface area (Å²) in [5, 5.41) is 134. The number of esters is 3. The minimum Gasteiger partial charge on any atom is -0.479 e. The number of aliphatic hydroxyl groups excluding tert-OH is 13. The third kappa shape index (κ3) is 12.1. The van der Waals surface area contributed by atoms with Crippen LogP contribution in [0.15, 0.2) is 0 Å². The molecule has 0 fully saturated rings. The van der Waals surface area contributed by atoms with E-state index in [1.165, 1.54) is 0 Å². The Labute approximate surface area is 271 Å². The Morgan fingerprint density at radius 3 is 1.31 bits per heavy atom. The van der Waals surface area contributed by atoms with Crippen LogP contribution in [-0.2, 0) is 52.6 Å². The number of hydrogen-bond donors (Lipinski definition) is 14. The molecule has 25 nitrogen and oxygen atoms in total. The predicted molar refractivity (Wildman–Crippen MR) is 140 cm³/mol. The summed E-state index contributed by atoms with van der Waals surface area (Å²) >= 11 is 0. The van der Waals surface area contributed by atoms with Crippen LogP contribution >= 0.6 is 0 Å². The highest BCUT2D eigenvalue weighted by Crippen LogP contribution is 2.20. The fourth-order valence-electron chi connectivity index (χ4n) is 3.31. The van der Waals surface area contributed by atoms with Gasteiger partial charge in [0, 0.05) is 0 Å². The van der Waals surface area contributed by atoms with Crippen LogP contribution in [-0.4, -0.2) is 218 Å². The van der Waals surface area contributed by atoms with Crippen molar-refractivity contribution in [1.29, 1.82) is 0 Å². The lowest BCUT2D eigenvalue weighted by Crippen LogP contribution is -2.57. The Bertz CT molecular complexity index is 1190. The van der Waals surface area contributed by atoms with Crippen LogP contribution in [0.5, 0.6) is 0 Å². The molecule has 0 unspecified atom stereocenters. The zero-order valence-corrected chi connectivity index (χ0v) is 24.5.